The van der Waals surface area contributed by atoms with Crippen molar-refractivity contribution < 1.29 is 9.34 Å². The minimum absolute atomic E-state index is 0.120. The first-order chi connectivity index (χ1) is 14.1. The predicted molar refractivity (Wildman–Crippen MR) is 112 cm³/mol. The number of hydrazone groups is 1. The monoisotopic (exact) mass is 409 g/mol. The highest BCUT2D eigenvalue weighted by atomic mass is 35.5. The number of hydrogen-bond acceptors (Lipinski definition) is 6. The summed E-state index contributed by atoms with van der Waals surface area (Å²) in [4.78, 5) is 15.3. The zero-order valence-corrected chi connectivity index (χ0v) is 16.1. The molecule has 0 aliphatic rings. The average molecular weight is 410 g/mol. The number of nitrogens with zero attached hydrogens (tertiary/aromatic N) is 4. The zero-order chi connectivity index (χ0) is 20.4. The molecule has 0 fully saturated rings. The number of hydrogen-bond donors (Lipinski definition) is 1. The average Bonchev–Trinajstić information content (AvgIpc) is 3.32. The number of aryl methyl sites for hydroxylation is 1. The van der Waals surface area contributed by atoms with E-state index in [1.54, 1.807) is 24.3 Å². The quantitative estimate of drug-likeness (QED) is 0.264. The minimum atomic E-state index is -0.492. The summed E-state index contributed by atoms with van der Waals surface area (Å²) in [6.07, 6.45) is 1.49. The van der Waals surface area contributed by atoms with Crippen molar-refractivity contribution in [2.75, 3.05) is 5.43 Å². The van der Waals surface area contributed by atoms with Crippen molar-refractivity contribution in [1.82, 2.24) is 9.55 Å². The normalized spacial score (nSPS) is 11.4. The van der Waals surface area contributed by atoms with Crippen molar-refractivity contribution in [1.29, 1.82) is 0 Å². The number of halogens is 1. The van der Waals surface area contributed by atoms with E-state index in [1.165, 1.54) is 12.3 Å². The van der Waals surface area contributed by atoms with Crippen molar-refractivity contribution >= 4 is 40.5 Å². The van der Waals surface area contributed by atoms with E-state index in [1.807, 2.05) is 35.8 Å². The molecule has 4 aromatic rings. The van der Waals surface area contributed by atoms with Gasteiger partial charge in [-0.2, -0.15) is 5.10 Å². The molecule has 2 aromatic carbocycles. The molecule has 0 radical (unpaired) electrons. The van der Waals surface area contributed by atoms with Crippen molar-refractivity contribution in [2.45, 2.75) is 13.5 Å². The van der Waals surface area contributed by atoms with Crippen LogP contribution in [0.5, 0.6) is 0 Å². The third-order valence-corrected chi connectivity index (χ3v) is 4.61. The number of aromatic nitrogens is 2. The molecule has 9 heteroatoms. The first kappa shape index (κ1) is 18.7. The van der Waals surface area contributed by atoms with Crippen LogP contribution in [0.25, 0.3) is 22.4 Å². The molecule has 0 saturated carbocycles. The highest BCUT2D eigenvalue weighted by Gasteiger charge is 2.18. The number of imidazole rings is 1. The number of anilines is 1. The third-order valence-electron chi connectivity index (χ3n) is 4.38. The molecule has 2 aromatic heterocycles. The van der Waals surface area contributed by atoms with Gasteiger partial charge in [0, 0.05) is 17.6 Å². The van der Waals surface area contributed by atoms with Crippen LogP contribution in [-0.4, -0.2) is 20.7 Å². The van der Waals surface area contributed by atoms with Crippen molar-refractivity contribution in [2.24, 2.45) is 5.10 Å². The van der Waals surface area contributed by atoms with Crippen LogP contribution in [0, 0.1) is 10.1 Å². The lowest BCUT2D eigenvalue weighted by molar-refractivity contribution is -0.384. The number of nitro groups is 1. The minimum Gasteiger partial charge on any atom is -0.455 e. The highest BCUT2D eigenvalue weighted by molar-refractivity contribution is 6.30. The molecule has 0 spiro atoms. The van der Waals surface area contributed by atoms with E-state index in [9.17, 15) is 10.1 Å². The second kappa shape index (κ2) is 7.76. The molecular weight excluding hydrogens is 394 g/mol. The Morgan fingerprint density at radius 3 is 2.90 bits per heavy atom. The Morgan fingerprint density at radius 1 is 1.28 bits per heavy atom. The Balaban J connectivity index is 1.56. The molecular formula is C20H16ClN5O3. The van der Waals surface area contributed by atoms with Gasteiger partial charge in [0.1, 0.15) is 11.5 Å². The molecule has 4 rings (SSSR count). The molecule has 29 heavy (non-hydrogen) atoms. The van der Waals surface area contributed by atoms with E-state index in [2.05, 4.69) is 15.5 Å². The summed E-state index contributed by atoms with van der Waals surface area (Å²) in [5.74, 6) is 1.41. The lowest BCUT2D eigenvalue weighted by atomic mass is 10.1. The second-order valence-corrected chi connectivity index (χ2v) is 6.60. The third kappa shape index (κ3) is 3.70. The summed E-state index contributed by atoms with van der Waals surface area (Å²) in [5.41, 5.74) is 5.04. The van der Waals surface area contributed by atoms with Gasteiger partial charge in [0.05, 0.1) is 27.7 Å². The van der Waals surface area contributed by atoms with Crippen LogP contribution < -0.4 is 5.43 Å². The molecule has 0 bridgehead atoms. The van der Waals surface area contributed by atoms with Crippen LogP contribution in [0.1, 0.15) is 12.7 Å². The number of furan rings is 1. The number of nitrogens with one attached hydrogen (secondary N) is 1. The van der Waals surface area contributed by atoms with Gasteiger partial charge < -0.3 is 8.98 Å². The van der Waals surface area contributed by atoms with E-state index in [0.717, 1.165) is 17.6 Å². The van der Waals surface area contributed by atoms with E-state index in [-0.39, 0.29) is 10.7 Å². The fraction of sp³-hybridized carbons (Fsp3) is 0.100. The van der Waals surface area contributed by atoms with Crippen LogP contribution in [0.4, 0.5) is 11.6 Å². The van der Waals surface area contributed by atoms with Crippen LogP contribution in [0.2, 0.25) is 5.02 Å². The lowest BCUT2D eigenvalue weighted by Gasteiger charge is -2.04. The number of nitro benzene ring substituents is 1. The van der Waals surface area contributed by atoms with E-state index < -0.39 is 4.92 Å². The van der Waals surface area contributed by atoms with Crippen LogP contribution >= 0.6 is 11.6 Å². The van der Waals surface area contributed by atoms with Crippen molar-refractivity contribution in [3.05, 3.63) is 75.5 Å². The molecule has 0 aliphatic carbocycles. The highest BCUT2D eigenvalue weighted by Crippen LogP contribution is 2.33. The molecule has 146 valence electrons. The van der Waals surface area contributed by atoms with Gasteiger partial charge in [-0.15, -0.1) is 0 Å². The molecule has 1 N–H and O–H groups in total. The van der Waals surface area contributed by atoms with Crippen LogP contribution in [0.15, 0.2) is 64.1 Å². The SMILES string of the molecule is CCn1c(N/N=C\c2ccc(-c3ccc(Cl)cc3[N+](=O)[O-])o2)nc2ccccc21. The topological polar surface area (TPSA) is 98.5 Å². The fourth-order valence-corrected chi connectivity index (χ4v) is 3.23. The first-order valence-electron chi connectivity index (χ1n) is 8.85. The summed E-state index contributed by atoms with van der Waals surface area (Å²) >= 11 is 5.86. The maximum Gasteiger partial charge on any atom is 0.281 e. The Labute approximate surface area is 170 Å². The number of fused-ring (bicyclic) bond motifs is 1. The van der Waals surface area contributed by atoms with E-state index in [4.69, 9.17) is 16.0 Å². The van der Waals surface area contributed by atoms with Crippen LogP contribution in [-0.2, 0) is 6.54 Å². The molecule has 0 aliphatic heterocycles. The van der Waals surface area contributed by atoms with Gasteiger partial charge in [0.15, 0.2) is 0 Å². The Morgan fingerprint density at radius 2 is 2.10 bits per heavy atom. The molecule has 8 nitrogen and oxygen atoms in total. The van der Waals surface area contributed by atoms with Crippen molar-refractivity contribution in [3.8, 4) is 11.3 Å². The summed E-state index contributed by atoms with van der Waals surface area (Å²) < 4.78 is 7.70. The zero-order valence-electron chi connectivity index (χ0n) is 15.4. The van der Waals surface area contributed by atoms with Gasteiger partial charge in [0.2, 0.25) is 5.95 Å². The van der Waals surface area contributed by atoms with Gasteiger partial charge in [-0.05, 0) is 43.3 Å². The largest absolute Gasteiger partial charge is 0.455 e. The standard InChI is InChI=1S/C20H16ClN5O3/c1-2-25-17-6-4-3-5-16(17)23-20(25)24-22-12-14-8-10-19(29-14)15-9-7-13(21)11-18(15)26(27)28/h3-12H,2H2,1H3,(H,23,24)/b22-12-. The summed E-state index contributed by atoms with van der Waals surface area (Å²) in [6.45, 7) is 2.77. The number of rotatable bonds is 6. The van der Waals surface area contributed by atoms with Gasteiger partial charge in [-0.25, -0.2) is 10.4 Å². The Hall–Kier alpha value is -3.65. The fourth-order valence-electron chi connectivity index (χ4n) is 3.07. The van der Waals surface area contributed by atoms with E-state index in [0.29, 0.717) is 23.0 Å². The van der Waals surface area contributed by atoms with Gasteiger partial charge in [-0.1, -0.05) is 23.7 Å². The first-order valence-corrected chi connectivity index (χ1v) is 9.23. The van der Waals surface area contributed by atoms with Crippen LogP contribution in [0.3, 0.4) is 0 Å². The van der Waals surface area contributed by atoms with Gasteiger partial charge >= 0.3 is 0 Å². The molecule has 0 saturated heterocycles. The summed E-state index contributed by atoms with van der Waals surface area (Å²) in [7, 11) is 0. The molecule has 0 amide bonds. The predicted octanol–water partition coefficient (Wildman–Crippen LogP) is 5.32. The molecule has 0 unspecified atom stereocenters. The van der Waals surface area contributed by atoms with Gasteiger partial charge in [0.25, 0.3) is 5.69 Å². The van der Waals surface area contributed by atoms with E-state index >= 15 is 0 Å². The van der Waals surface area contributed by atoms with Gasteiger partial charge in [-0.3, -0.25) is 10.1 Å². The summed E-state index contributed by atoms with van der Waals surface area (Å²) in [5, 5.41) is 15.8. The smallest absolute Gasteiger partial charge is 0.281 e. The maximum atomic E-state index is 11.3. The number of benzene rings is 2. The lowest BCUT2D eigenvalue weighted by Crippen LogP contribution is -2.01. The molecule has 0 atom stereocenters. The molecule has 2 heterocycles. The number of para-hydroxylation sites is 2. The Kier molecular flexibility index (Phi) is 5.01. The van der Waals surface area contributed by atoms with Crippen molar-refractivity contribution in [3.63, 3.8) is 0 Å². The second-order valence-electron chi connectivity index (χ2n) is 6.16. The Bertz CT molecular complexity index is 1230. The maximum absolute atomic E-state index is 11.3. The summed E-state index contributed by atoms with van der Waals surface area (Å²) in [6, 6.07) is 15.6.